The van der Waals surface area contributed by atoms with E-state index in [9.17, 15) is 5.11 Å². The Balaban J connectivity index is 1.37. The lowest BCUT2D eigenvalue weighted by Gasteiger charge is -2.39. The van der Waals surface area contributed by atoms with E-state index in [1.165, 1.54) is 31.5 Å². The van der Waals surface area contributed by atoms with Crippen molar-refractivity contribution in [2.24, 2.45) is 5.92 Å². The van der Waals surface area contributed by atoms with Gasteiger partial charge < -0.3 is 14.4 Å². The molecule has 132 valence electrons. The number of ether oxygens (including phenoxy) is 1. The summed E-state index contributed by atoms with van der Waals surface area (Å²) >= 11 is 0. The number of aliphatic hydroxyl groups is 1. The van der Waals surface area contributed by atoms with Crippen molar-refractivity contribution in [3.05, 3.63) is 11.6 Å². The highest BCUT2D eigenvalue weighted by Gasteiger charge is 2.40. The number of morpholine rings is 1. The van der Waals surface area contributed by atoms with Gasteiger partial charge in [-0.25, -0.2) is 0 Å². The SMILES string of the molecule is O[C@@H]1CCC[C@@H]1[C@@H]1COCCN1Cc1nnc(C2CC2)n1C1CC1. The fraction of sp³-hybridized carbons (Fsp3) is 0.889. The Hall–Kier alpha value is -0.980. The molecule has 1 aromatic rings. The van der Waals surface area contributed by atoms with Crippen LogP contribution in [0.15, 0.2) is 0 Å². The van der Waals surface area contributed by atoms with E-state index in [0.29, 0.717) is 23.9 Å². The van der Waals surface area contributed by atoms with Gasteiger partial charge in [-0.2, -0.15) is 0 Å². The number of hydrogen-bond acceptors (Lipinski definition) is 5. The maximum atomic E-state index is 10.3. The second-order valence-corrected chi connectivity index (χ2v) is 8.12. The second-order valence-electron chi connectivity index (χ2n) is 8.12. The highest BCUT2D eigenvalue weighted by Crippen LogP contribution is 2.45. The predicted molar refractivity (Wildman–Crippen MR) is 88.6 cm³/mol. The molecule has 0 radical (unpaired) electrons. The van der Waals surface area contributed by atoms with Crippen LogP contribution in [0.2, 0.25) is 0 Å². The summed E-state index contributed by atoms with van der Waals surface area (Å²) in [5, 5.41) is 19.5. The van der Waals surface area contributed by atoms with Crippen molar-refractivity contribution in [2.75, 3.05) is 19.8 Å². The molecule has 5 rings (SSSR count). The van der Waals surface area contributed by atoms with Crippen LogP contribution in [0.4, 0.5) is 0 Å². The molecule has 1 aromatic heterocycles. The van der Waals surface area contributed by atoms with Gasteiger partial charge in [0.2, 0.25) is 0 Å². The molecule has 0 unspecified atom stereocenters. The third-order valence-corrected chi connectivity index (χ3v) is 6.30. The van der Waals surface area contributed by atoms with Crippen molar-refractivity contribution >= 4 is 0 Å². The zero-order chi connectivity index (χ0) is 16.1. The molecule has 1 saturated heterocycles. The molecule has 0 amide bonds. The molecule has 4 fully saturated rings. The molecular weight excluding hydrogens is 304 g/mol. The summed E-state index contributed by atoms with van der Waals surface area (Å²) in [4.78, 5) is 2.50. The fourth-order valence-electron chi connectivity index (χ4n) is 4.64. The van der Waals surface area contributed by atoms with Gasteiger partial charge in [-0.3, -0.25) is 4.90 Å². The summed E-state index contributed by atoms with van der Waals surface area (Å²) in [6.45, 7) is 3.32. The lowest BCUT2D eigenvalue weighted by molar-refractivity contribution is -0.0549. The summed E-state index contributed by atoms with van der Waals surface area (Å²) in [5.41, 5.74) is 0. The summed E-state index contributed by atoms with van der Waals surface area (Å²) in [7, 11) is 0. The topological polar surface area (TPSA) is 63.4 Å². The van der Waals surface area contributed by atoms with Gasteiger partial charge in [-0.15, -0.1) is 10.2 Å². The van der Waals surface area contributed by atoms with E-state index in [0.717, 1.165) is 51.4 Å². The van der Waals surface area contributed by atoms with E-state index in [1.807, 2.05) is 0 Å². The average molecular weight is 332 g/mol. The number of aromatic nitrogens is 3. The number of aliphatic hydroxyl groups excluding tert-OH is 1. The van der Waals surface area contributed by atoms with Crippen molar-refractivity contribution < 1.29 is 9.84 Å². The maximum absolute atomic E-state index is 10.3. The number of nitrogens with zero attached hydrogens (tertiary/aromatic N) is 4. The third kappa shape index (κ3) is 2.78. The van der Waals surface area contributed by atoms with Crippen molar-refractivity contribution in [3.63, 3.8) is 0 Å². The molecule has 0 aromatic carbocycles. The lowest BCUT2D eigenvalue weighted by Crippen LogP contribution is -2.50. The van der Waals surface area contributed by atoms with Gasteiger partial charge in [0, 0.05) is 30.5 Å². The highest BCUT2D eigenvalue weighted by atomic mass is 16.5. The quantitative estimate of drug-likeness (QED) is 0.891. The van der Waals surface area contributed by atoms with Gasteiger partial charge in [0.25, 0.3) is 0 Å². The summed E-state index contributed by atoms with van der Waals surface area (Å²) < 4.78 is 8.21. The van der Waals surface area contributed by atoms with Gasteiger partial charge in [-0.1, -0.05) is 6.42 Å². The Kier molecular flexibility index (Phi) is 3.87. The largest absolute Gasteiger partial charge is 0.393 e. The van der Waals surface area contributed by atoms with E-state index in [2.05, 4.69) is 19.7 Å². The van der Waals surface area contributed by atoms with E-state index >= 15 is 0 Å². The molecule has 24 heavy (non-hydrogen) atoms. The van der Waals surface area contributed by atoms with Gasteiger partial charge in [0.1, 0.15) is 11.6 Å². The minimum absolute atomic E-state index is 0.164. The van der Waals surface area contributed by atoms with Gasteiger partial charge in [-0.05, 0) is 38.5 Å². The Bertz CT molecular complexity index is 596. The molecule has 0 bridgehead atoms. The van der Waals surface area contributed by atoms with Crippen LogP contribution in [0.1, 0.15) is 68.6 Å². The normalized spacial score (nSPS) is 34.8. The van der Waals surface area contributed by atoms with Crippen LogP contribution in [0.5, 0.6) is 0 Å². The van der Waals surface area contributed by atoms with Gasteiger partial charge in [0.05, 0.1) is 25.9 Å². The molecule has 4 aliphatic rings. The molecule has 3 atom stereocenters. The van der Waals surface area contributed by atoms with Crippen molar-refractivity contribution in [2.45, 2.75) is 75.6 Å². The number of hydrogen-bond donors (Lipinski definition) is 1. The van der Waals surface area contributed by atoms with Crippen LogP contribution in [-0.4, -0.2) is 56.7 Å². The Morgan fingerprint density at radius 2 is 1.96 bits per heavy atom. The zero-order valence-electron chi connectivity index (χ0n) is 14.3. The molecule has 1 aliphatic heterocycles. The molecule has 0 spiro atoms. The molecule has 2 heterocycles. The predicted octanol–water partition coefficient (Wildman–Crippen LogP) is 1.85. The van der Waals surface area contributed by atoms with E-state index < -0.39 is 0 Å². The molecule has 6 heteroatoms. The number of rotatable bonds is 5. The van der Waals surface area contributed by atoms with Crippen LogP contribution in [0, 0.1) is 5.92 Å². The van der Waals surface area contributed by atoms with Crippen LogP contribution in [0.25, 0.3) is 0 Å². The lowest BCUT2D eigenvalue weighted by atomic mass is 9.94. The first-order chi connectivity index (χ1) is 11.8. The van der Waals surface area contributed by atoms with E-state index in [4.69, 9.17) is 4.74 Å². The molecule has 3 saturated carbocycles. The first-order valence-corrected chi connectivity index (χ1v) is 9.75. The van der Waals surface area contributed by atoms with Crippen molar-refractivity contribution in [3.8, 4) is 0 Å². The minimum atomic E-state index is -0.164. The van der Waals surface area contributed by atoms with Crippen molar-refractivity contribution in [1.82, 2.24) is 19.7 Å². The van der Waals surface area contributed by atoms with Gasteiger partial charge >= 0.3 is 0 Å². The van der Waals surface area contributed by atoms with Crippen LogP contribution in [0.3, 0.4) is 0 Å². The second kappa shape index (κ2) is 6.07. The monoisotopic (exact) mass is 332 g/mol. The van der Waals surface area contributed by atoms with E-state index in [1.54, 1.807) is 0 Å². The fourth-order valence-corrected chi connectivity index (χ4v) is 4.64. The highest BCUT2D eigenvalue weighted by molar-refractivity contribution is 5.12. The summed E-state index contributed by atoms with van der Waals surface area (Å²) in [6.07, 6.45) is 8.14. The van der Waals surface area contributed by atoms with Crippen molar-refractivity contribution in [1.29, 1.82) is 0 Å². The van der Waals surface area contributed by atoms with E-state index in [-0.39, 0.29) is 6.10 Å². The average Bonchev–Trinajstić information content (AvgIpc) is 3.52. The maximum Gasteiger partial charge on any atom is 0.147 e. The zero-order valence-corrected chi connectivity index (χ0v) is 14.3. The molecule has 3 aliphatic carbocycles. The minimum Gasteiger partial charge on any atom is -0.393 e. The Labute approximate surface area is 143 Å². The third-order valence-electron chi connectivity index (χ3n) is 6.30. The standard InChI is InChI=1S/C18H28N4O2/c23-16-3-1-2-14(16)15-11-24-9-8-21(15)10-17-19-20-18(12-4-5-12)22(17)13-6-7-13/h12-16,23H,1-11H2/t14-,15+,16-/m1/s1. The van der Waals surface area contributed by atoms with Gasteiger partial charge in [0.15, 0.2) is 0 Å². The molecule has 6 nitrogen and oxygen atoms in total. The summed E-state index contributed by atoms with van der Waals surface area (Å²) in [5.74, 6) is 3.38. The van der Waals surface area contributed by atoms with Crippen LogP contribution >= 0.6 is 0 Å². The molecule has 1 N–H and O–H groups in total. The smallest absolute Gasteiger partial charge is 0.147 e. The van der Waals surface area contributed by atoms with Crippen LogP contribution < -0.4 is 0 Å². The Morgan fingerprint density at radius 3 is 2.67 bits per heavy atom. The Morgan fingerprint density at radius 1 is 1.08 bits per heavy atom. The first-order valence-electron chi connectivity index (χ1n) is 9.75. The summed E-state index contributed by atoms with van der Waals surface area (Å²) in [6, 6.07) is 0.965. The molecular formula is C18H28N4O2. The first kappa shape index (κ1) is 15.3. The van der Waals surface area contributed by atoms with Crippen LogP contribution in [-0.2, 0) is 11.3 Å².